The molecule has 0 radical (unpaired) electrons. The Balaban J connectivity index is 2.63. The van der Waals surface area contributed by atoms with Crippen molar-refractivity contribution in [2.75, 3.05) is 18.0 Å². The van der Waals surface area contributed by atoms with Gasteiger partial charge in [0.25, 0.3) is 16.0 Å². The summed E-state index contributed by atoms with van der Waals surface area (Å²) >= 11 is 0. The van der Waals surface area contributed by atoms with E-state index in [1.165, 1.54) is 0 Å². The molecule has 0 spiro atoms. The van der Waals surface area contributed by atoms with Crippen molar-refractivity contribution in [2.24, 2.45) is 5.73 Å². The summed E-state index contributed by atoms with van der Waals surface area (Å²) in [5, 5.41) is 27.2. The van der Waals surface area contributed by atoms with Crippen molar-refractivity contribution < 1.29 is 56.7 Å². The molecule has 0 heterocycles. The van der Waals surface area contributed by atoms with Crippen molar-refractivity contribution in [3.8, 4) is 0 Å². The fourth-order valence-electron chi connectivity index (χ4n) is 3.83. The first-order valence-electron chi connectivity index (χ1n) is 13.7. The minimum absolute atomic E-state index is 0.112. The van der Waals surface area contributed by atoms with E-state index in [1.54, 1.807) is 24.3 Å². The Morgan fingerprint density at radius 2 is 1.36 bits per heavy atom. The Bertz CT molecular complexity index is 1340. The molecule has 18 nitrogen and oxygen atoms in total. The van der Waals surface area contributed by atoms with Crippen molar-refractivity contribution >= 4 is 57.3 Å². The van der Waals surface area contributed by atoms with E-state index in [0.29, 0.717) is 24.1 Å². The molecule has 0 unspecified atom stereocenters. The maximum Gasteiger partial charge on any atom is 0.326 e. The van der Waals surface area contributed by atoms with Crippen LogP contribution in [0, 0.1) is 0 Å². The van der Waals surface area contributed by atoms with E-state index in [4.69, 9.17) is 21.1 Å². The Hall–Kier alpha value is -4.78. The number of rotatable bonds is 21. The van der Waals surface area contributed by atoms with Gasteiger partial charge in [0.1, 0.15) is 23.9 Å². The first-order chi connectivity index (χ1) is 21.0. The highest BCUT2D eigenvalue weighted by Gasteiger charge is 2.30. The highest BCUT2D eigenvalue weighted by atomic mass is 32.2. The van der Waals surface area contributed by atoms with Gasteiger partial charge in [0.05, 0.1) is 0 Å². The smallest absolute Gasteiger partial charge is 0.326 e. The van der Waals surface area contributed by atoms with E-state index in [9.17, 15) is 47.1 Å². The van der Waals surface area contributed by atoms with Gasteiger partial charge in [-0.2, -0.15) is 8.42 Å². The summed E-state index contributed by atoms with van der Waals surface area (Å²) in [7, 11) is -4.83. The highest BCUT2D eigenvalue weighted by Crippen LogP contribution is 2.07. The maximum atomic E-state index is 12.6. The summed E-state index contributed by atoms with van der Waals surface area (Å²) in [6.07, 6.45) is -1.02. The van der Waals surface area contributed by atoms with Gasteiger partial charge in [0.15, 0.2) is 0 Å². The van der Waals surface area contributed by atoms with Crippen LogP contribution < -0.4 is 32.7 Å². The van der Waals surface area contributed by atoms with Gasteiger partial charge in [-0.25, -0.2) is 4.79 Å². The van der Waals surface area contributed by atoms with Gasteiger partial charge < -0.3 is 42.9 Å². The molecule has 1 aromatic rings. The lowest BCUT2D eigenvalue weighted by molar-refractivity contribution is -0.142. The first-order valence-corrected chi connectivity index (χ1v) is 15.3. The number of carboxylic acids is 2. The SMILES string of the molecule is NC(=O)[C@H](CCCCNC(=O)c1ccc(N)cc1)NC(=O)CC[C@H](NC(=O)[C@H](CS(=O)(=O)O)NC(=O)CCCC(=O)O)C(=O)O. The third-order valence-corrected chi connectivity index (χ3v) is 6.91. The highest BCUT2D eigenvalue weighted by molar-refractivity contribution is 7.85. The predicted molar refractivity (Wildman–Crippen MR) is 157 cm³/mol. The number of carbonyl (C=O) groups excluding carboxylic acids is 5. The van der Waals surface area contributed by atoms with E-state index in [1.807, 2.05) is 10.6 Å². The number of carboxylic acid groups (broad SMARTS) is 2. The Kier molecular flexibility index (Phi) is 16.0. The first kappa shape index (κ1) is 38.2. The van der Waals surface area contributed by atoms with Crippen molar-refractivity contribution in [3.63, 3.8) is 0 Å². The molecule has 250 valence electrons. The summed E-state index contributed by atoms with van der Waals surface area (Å²) in [6.45, 7) is 0.268. The van der Waals surface area contributed by atoms with Crippen molar-refractivity contribution in [2.45, 2.75) is 69.5 Å². The molecule has 0 bridgehead atoms. The second kappa shape index (κ2) is 18.8. The van der Waals surface area contributed by atoms with E-state index in [2.05, 4.69) is 10.6 Å². The Labute approximate surface area is 258 Å². The van der Waals surface area contributed by atoms with Crippen LogP contribution in [-0.4, -0.2) is 95.1 Å². The van der Waals surface area contributed by atoms with Crippen LogP contribution in [0.15, 0.2) is 24.3 Å². The summed E-state index contributed by atoms with van der Waals surface area (Å²) in [4.78, 5) is 83.4. The molecule has 0 fully saturated rings. The lowest BCUT2D eigenvalue weighted by Crippen LogP contribution is -2.54. The fourth-order valence-corrected chi connectivity index (χ4v) is 4.49. The Morgan fingerprint density at radius 1 is 0.756 bits per heavy atom. The molecule has 1 rings (SSSR count). The number of anilines is 1. The molecule has 5 amide bonds. The molecule has 0 aliphatic heterocycles. The number of amides is 5. The number of benzene rings is 1. The number of primary amides is 1. The van der Waals surface area contributed by atoms with Gasteiger partial charge in [-0.3, -0.25) is 33.3 Å². The summed E-state index contributed by atoms with van der Waals surface area (Å²) in [5.41, 5.74) is 11.9. The number of nitrogens with two attached hydrogens (primary N) is 2. The predicted octanol–water partition coefficient (Wildman–Crippen LogP) is -1.88. The normalized spacial score (nSPS) is 13.0. The maximum absolute atomic E-state index is 12.6. The van der Waals surface area contributed by atoms with Gasteiger partial charge in [0, 0.05) is 37.1 Å². The van der Waals surface area contributed by atoms with E-state index in [0.717, 1.165) is 0 Å². The van der Waals surface area contributed by atoms with Crippen molar-refractivity contribution in [1.82, 2.24) is 21.3 Å². The third kappa shape index (κ3) is 16.6. The van der Waals surface area contributed by atoms with E-state index >= 15 is 0 Å². The van der Waals surface area contributed by atoms with Crippen LogP contribution in [-0.2, 0) is 38.9 Å². The fraction of sp³-hybridized carbons (Fsp3) is 0.500. The van der Waals surface area contributed by atoms with Gasteiger partial charge in [-0.05, 0) is 56.4 Å². The number of nitrogen functional groups attached to an aromatic ring is 1. The van der Waals surface area contributed by atoms with Gasteiger partial charge >= 0.3 is 11.9 Å². The lowest BCUT2D eigenvalue weighted by atomic mass is 10.1. The number of aliphatic carboxylic acids is 2. The summed E-state index contributed by atoms with van der Waals surface area (Å²) in [6, 6.07) is 1.50. The van der Waals surface area contributed by atoms with Crippen LogP contribution in [0.4, 0.5) is 5.69 Å². The summed E-state index contributed by atoms with van der Waals surface area (Å²) < 4.78 is 31.9. The van der Waals surface area contributed by atoms with Gasteiger partial charge in [0.2, 0.25) is 23.6 Å². The molecule has 11 N–H and O–H groups in total. The lowest BCUT2D eigenvalue weighted by Gasteiger charge is -2.21. The van der Waals surface area contributed by atoms with E-state index in [-0.39, 0.29) is 31.7 Å². The number of nitrogens with one attached hydrogen (secondary N) is 4. The zero-order valence-corrected chi connectivity index (χ0v) is 25.0. The Morgan fingerprint density at radius 3 is 1.91 bits per heavy atom. The molecule has 0 saturated carbocycles. The topological polar surface area (TPSA) is 314 Å². The average Bonchev–Trinajstić information content (AvgIpc) is 2.92. The molecule has 19 heteroatoms. The standard InChI is InChI=1S/C26H38N6O12S/c27-16-9-7-15(8-10-16)24(38)29-13-2-1-4-17(23(28)37)30-21(34)12-11-18(26(40)41)32-25(39)19(14-45(42,43)44)31-20(33)5-3-6-22(35)36/h7-10,17-19H,1-6,11-14,27H2,(H2,28,37)(H,29,38)(H,30,34)(H,31,33)(H,32,39)(H,35,36)(H,40,41)(H,42,43,44)/t17-,18-,19-/m0/s1. The molecule has 1 aromatic carbocycles. The zero-order valence-electron chi connectivity index (χ0n) is 24.2. The molecule has 45 heavy (non-hydrogen) atoms. The van der Waals surface area contributed by atoms with Crippen LogP contribution in [0.1, 0.15) is 61.7 Å². The molecular weight excluding hydrogens is 620 g/mol. The van der Waals surface area contributed by atoms with E-state index < -0.39 is 88.8 Å². The largest absolute Gasteiger partial charge is 0.481 e. The van der Waals surface area contributed by atoms with Gasteiger partial charge in [-0.1, -0.05) is 0 Å². The minimum atomic E-state index is -4.83. The van der Waals surface area contributed by atoms with Crippen LogP contribution >= 0.6 is 0 Å². The second-order valence-corrected chi connectivity index (χ2v) is 11.4. The second-order valence-electron chi connectivity index (χ2n) is 9.95. The number of hydrogen-bond donors (Lipinski definition) is 9. The molecule has 0 aromatic heterocycles. The van der Waals surface area contributed by atoms with Crippen molar-refractivity contribution in [1.29, 1.82) is 0 Å². The average molecular weight is 659 g/mol. The molecule has 0 aliphatic carbocycles. The quantitative estimate of drug-likeness (QED) is 0.0397. The number of carbonyl (C=O) groups is 7. The molecule has 3 atom stereocenters. The van der Waals surface area contributed by atoms with Crippen molar-refractivity contribution in [3.05, 3.63) is 29.8 Å². The summed E-state index contributed by atoms with van der Waals surface area (Å²) in [5.74, 6) is -8.29. The minimum Gasteiger partial charge on any atom is -0.481 e. The third-order valence-electron chi connectivity index (χ3n) is 6.15. The van der Waals surface area contributed by atoms with Crippen LogP contribution in [0.5, 0.6) is 0 Å². The number of hydrogen-bond acceptors (Lipinski definition) is 10. The van der Waals surface area contributed by atoms with Crippen LogP contribution in [0.25, 0.3) is 0 Å². The molecule has 0 saturated heterocycles. The molecule has 0 aliphatic rings. The van der Waals surface area contributed by atoms with Crippen LogP contribution in [0.3, 0.4) is 0 Å². The van der Waals surface area contributed by atoms with Gasteiger partial charge in [-0.15, -0.1) is 0 Å². The number of unbranched alkanes of at least 4 members (excludes halogenated alkanes) is 1. The molecular formula is C26H38N6O12S. The monoisotopic (exact) mass is 658 g/mol. The van der Waals surface area contributed by atoms with Crippen LogP contribution in [0.2, 0.25) is 0 Å². The zero-order chi connectivity index (χ0) is 34.2.